The second-order valence-corrected chi connectivity index (χ2v) is 7.15. The molecule has 1 aliphatic carbocycles. The first-order chi connectivity index (χ1) is 7.49. The Labute approximate surface area is 99.9 Å². The summed E-state index contributed by atoms with van der Waals surface area (Å²) in [5, 5.41) is 1.64. The second kappa shape index (κ2) is 4.35. The van der Waals surface area contributed by atoms with Gasteiger partial charge >= 0.3 is 0 Å². The molecule has 1 fully saturated rings. The number of rotatable bonds is 4. The maximum absolute atomic E-state index is 11.9. The Hall–Kier alpha value is -0.590. The highest BCUT2D eigenvalue weighted by atomic mass is 32.2. The lowest BCUT2D eigenvalue weighted by Crippen LogP contribution is -2.40. The van der Waals surface area contributed by atoms with E-state index in [1.807, 2.05) is 6.92 Å². The summed E-state index contributed by atoms with van der Waals surface area (Å²) in [6.45, 7) is 1.93. The zero-order chi connectivity index (χ0) is 11.8. The van der Waals surface area contributed by atoms with Crippen molar-refractivity contribution in [2.45, 2.75) is 36.4 Å². The number of nitrogens with two attached hydrogens (primary N) is 1. The topological polar surface area (TPSA) is 72.2 Å². The smallest absolute Gasteiger partial charge is 0.250 e. The van der Waals surface area contributed by atoms with Gasteiger partial charge in [-0.1, -0.05) is 6.42 Å². The van der Waals surface area contributed by atoms with Crippen molar-refractivity contribution < 1.29 is 8.42 Å². The second-order valence-electron chi connectivity index (χ2n) is 4.30. The summed E-state index contributed by atoms with van der Waals surface area (Å²) < 4.78 is 26.9. The van der Waals surface area contributed by atoms with Gasteiger partial charge in [-0.15, -0.1) is 11.3 Å². The van der Waals surface area contributed by atoms with Crippen LogP contribution in [-0.2, 0) is 10.0 Å². The summed E-state index contributed by atoms with van der Waals surface area (Å²) in [5.74, 6) is 0.493. The normalized spacial score (nSPS) is 19.3. The zero-order valence-electron chi connectivity index (χ0n) is 9.14. The van der Waals surface area contributed by atoms with Gasteiger partial charge in [-0.05, 0) is 31.7 Å². The predicted octanol–water partition coefficient (Wildman–Crippen LogP) is 1.80. The molecule has 90 valence electrons. The van der Waals surface area contributed by atoms with E-state index in [0.29, 0.717) is 15.8 Å². The molecule has 1 aromatic rings. The van der Waals surface area contributed by atoms with Crippen molar-refractivity contribution in [3.8, 4) is 0 Å². The molecule has 0 radical (unpaired) electrons. The molecule has 3 N–H and O–H groups in total. The van der Waals surface area contributed by atoms with Crippen LogP contribution in [0.1, 0.15) is 26.2 Å². The van der Waals surface area contributed by atoms with Gasteiger partial charge in [-0.2, -0.15) is 0 Å². The summed E-state index contributed by atoms with van der Waals surface area (Å²) in [7, 11) is -3.37. The minimum atomic E-state index is -3.37. The standard InChI is InChI=1S/C10H16N2O2S2/c1-7(8-3-2-4-8)12-16(13,14)10-5-9(11)6-15-10/h5-8,12H,2-4,11H2,1H3. The number of hydrogen-bond donors (Lipinski definition) is 2. The molecule has 0 aliphatic heterocycles. The maximum Gasteiger partial charge on any atom is 0.250 e. The van der Waals surface area contributed by atoms with Gasteiger partial charge in [0.25, 0.3) is 0 Å². The van der Waals surface area contributed by atoms with Crippen molar-refractivity contribution >= 4 is 27.0 Å². The molecular weight excluding hydrogens is 244 g/mol. The molecule has 2 rings (SSSR count). The molecule has 0 bridgehead atoms. The van der Waals surface area contributed by atoms with Crippen LogP contribution in [0.25, 0.3) is 0 Å². The summed E-state index contributed by atoms with van der Waals surface area (Å²) in [6, 6.07) is 1.52. The first kappa shape index (κ1) is 11.9. The largest absolute Gasteiger partial charge is 0.398 e. The van der Waals surface area contributed by atoms with E-state index in [0.717, 1.165) is 24.2 Å². The fourth-order valence-corrected chi connectivity index (χ4v) is 4.22. The Morgan fingerprint density at radius 3 is 2.69 bits per heavy atom. The fraction of sp³-hybridized carbons (Fsp3) is 0.600. The Morgan fingerprint density at radius 1 is 1.56 bits per heavy atom. The molecule has 1 heterocycles. The number of sulfonamides is 1. The van der Waals surface area contributed by atoms with Gasteiger partial charge in [0.05, 0.1) is 0 Å². The van der Waals surface area contributed by atoms with Crippen LogP contribution in [0.2, 0.25) is 0 Å². The van der Waals surface area contributed by atoms with E-state index in [9.17, 15) is 8.42 Å². The van der Waals surface area contributed by atoms with Gasteiger partial charge in [-0.3, -0.25) is 0 Å². The van der Waals surface area contributed by atoms with E-state index in [-0.39, 0.29) is 6.04 Å². The van der Waals surface area contributed by atoms with Gasteiger partial charge < -0.3 is 5.73 Å². The average Bonchev–Trinajstić information content (AvgIpc) is 2.47. The van der Waals surface area contributed by atoms with Crippen LogP contribution < -0.4 is 10.5 Å². The molecule has 1 unspecified atom stereocenters. The Kier molecular flexibility index (Phi) is 3.23. The van der Waals surface area contributed by atoms with Crippen LogP contribution >= 0.6 is 11.3 Å². The highest BCUT2D eigenvalue weighted by Gasteiger charge is 2.28. The van der Waals surface area contributed by atoms with E-state index in [1.54, 1.807) is 5.38 Å². The van der Waals surface area contributed by atoms with Crippen molar-refractivity contribution in [2.24, 2.45) is 5.92 Å². The van der Waals surface area contributed by atoms with E-state index in [4.69, 9.17) is 5.73 Å². The first-order valence-electron chi connectivity index (χ1n) is 5.35. The Balaban J connectivity index is 2.07. The van der Waals surface area contributed by atoms with Crippen LogP contribution in [0.5, 0.6) is 0 Å². The zero-order valence-corrected chi connectivity index (χ0v) is 10.8. The molecule has 1 aliphatic rings. The van der Waals surface area contributed by atoms with Gasteiger partial charge in [-0.25, -0.2) is 13.1 Å². The number of hydrogen-bond acceptors (Lipinski definition) is 4. The number of thiophene rings is 1. The van der Waals surface area contributed by atoms with Crippen LogP contribution in [0.3, 0.4) is 0 Å². The van der Waals surface area contributed by atoms with Crippen molar-refractivity contribution in [3.05, 3.63) is 11.4 Å². The third-order valence-electron chi connectivity index (χ3n) is 3.06. The monoisotopic (exact) mass is 260 g/mol. The molecule has 1 aromatic heterocycles. The average molecular weight is 260 g/mol. The van der Waals surface area contributed by atoms with Gasteiger partial charge in [0.15, 0.2) is 0 Å². The molecule has 6 heteroatoms. The van der Waals surface area contributed by atoms with Crippen LogP contribution in [0.15, 0.2) is 15.7 Å². The van der Waals surface area contributed by atoms with E-state index < -0.39 is 10.0 Å². The highest BCUT2D eigenvalue weighted by Crippen LogP contribution is 2.30. The van der Waals surface area contributed by atoms with Gasteiger partial charge in [0, 0.05) is 17.1 Å². The van der Waals surface area contributed by atoms with Crippen molar-refractivity contribution in [2.75, 3.05) is 5.73 Å². The van der Waals surface area contributed by atoms with Crippen LogP contribution in [0.4, 0.5) is 5.69 Å². The fourth-order valence-electron chi connectivity index (χ4n) is 1.81. The van der Waals surface area contributed by atoms with Crippen molar-refractivity contribution in [1.82, 2.24) is 4.72 Å². The molecule has 16 heavy (non-hydrogen) atoms. The lowest BCUT2D eigenvalue weighted by molar-refractivity contribution is 0.260. The van der Waals surface area contributed by atoms with Crippen molar-refractivity contribution in [1.29, 1.82) is 0 Å². The van der Waals surface area contributed by atoms with E-state index >= 15 is 0 Å². The molecule has 1 atom stereocenters. The SMILES string of the molecule is CC(NS(=O)(=O)c1cc(N)cs1)C1CCC1. The highest BCUT2D eigenvalue weighted by molar-refractivity contribution is 7.91. The summed E-state index contributed by atoms with van der Waals surface area (Å²) in [4.78, 5) is 0. The molecule has 4 nitrogen and oxygen atoms in total. The Morgan fingerprint density at radius 2 is 2.25 bits per heavy atom. The van der Waals surface area contributed by atoms with Crippen molar-refractivity contribution in [3.63, 3.8) is 0 Å². The molecule has 0 aromatic carbocycles. The third kappa shape index (κ3) is 2.39. The molecule has 1 saturated carbocycles. The lowest BCUT2D eigenvalue weighted by Gasteiger charge is -2.31. The predicted molar refractivity (Wildman–Crippen MR) is 65.9 cm³/mol. The van der Waals surface area contributed by atoms with E-state index in [1.165, 1.54) is 12.5 Å². The quantitative estimate of drug-likeness (QED) is 0.867. The molecule has 0 saturated heterocycles. The first-order valence-corrected chi connectivity index (χ1v) is 7.71. The summed E-state index contributed by atoms with van der Waals surface area (Å²) in [6.07, 6.45) is 3.45. The number of nitrogen functional groups attached to an aromatic ring is 1. The van der Waals surface area contributed by atoms with Crippen LogP contribution in [-0.4, -0.2) is 14.5 Å². The van der Waals surface area contributed by atoms with Crippen LogP contribution in [0, 0.1) is 5.92 Å². The van der Waals surface area contributed by atoms with E-state index in [2.05, 4.69) is 4.72 Å². The minimum Gasteiger partial charge on any atom is -0.398 e. The molecule has 0 spiro atoms. The third-order valence-corrected chi connectivity index (χ3v) is 6.08. The molecular formula is C10H16N2O2S2. The minimum absolute atomic E-state index is 0.0158. The Bertz CT molecular complexity index is 463. The number of nitrogens with one attached hydrogen (secondary N) is 1. The lowest BCUT2D eigenvalue weighted by atomic mass is 9.81. The molecule has 0 amide bonds. The van der Waals surface area contributed by atoms with Gasteiger partial charge in [0.1, 0.15) is 4.21 Å². The van der Waals surface area contributed by atoms with Gasteiger partial charge in [0.2, 0.25) is 10.0 Å². The summed E-state index contributed by atoms with van der Waals surface area (Å²) >= 11 is 1.16. The number of anilines is 1. The summed E-state index contributed by atoms with van der Waals surface area (Å²) in [5.41, 5.74) is 6.02. The maximum atomic E-state index is 11.9.